The molecule has 0 saturated heterocycles. The average Bonchev–Trinajstić information content (AvgIpc) is 3.58. The number of amides is 4. The minimum absolute atomic E-state index is 0.109. The molecule has 0 aromatic heterocycles. The summed E-state index contributed by atoms with van der Waals surface area (Å²) in [6, 6.07) is 10.3. The molecule has 214 valence electrons. The topological polar surface area (TPSA) is 131 Å². The molecule has 4 amide bonds. The van der Waals surface area contributed by atoms with E-state index in [0.717, 1.165) is 16.7 Å². The van der Waals surface area contributed by atoms with E-state index in [-0.39, 0.29) is 12.0 Å². The zero-order valence-corrected chi connectivity index (χ0v) is 24.1. The largest absolute Gasteiger partial charge is 0.444 e. The lowest BCUT2D eigenvalue weighted by Crippen LogP contribution is -2.54. The lowest BCUT2D eigenvalue weighted by molar-refractivity contribution is -0.142. The summed E-state index contributed by atoms with van der Waals surface area (Å²) in [5.41, 5.74) is 8.42. The number of para-hydroxylation sites is 1. The van der Waals surface area contributed by atoms with E-state index in [0.29, 0.717) is 17.7 Å². The van der Waals surface area contributed by atoms with Gasteiger partial charge in [-0.2, -0.15) is 0 Å². The van der Waals surface area contributed by atoms with Crippen LogP contribution in [0, 0.1) is 19.8 Å². The van der Waals surface area contributed by atoms with Crippen molar-refractivity contribution in [2.75, 3.05) is 5.32 Å². The second-order valence-electron chi connectivity index (χ2n) is 11.4. The molecular formula is C31H40N4O5. The summed E-state index contributed by atoms with van der Waals surface area (Å²) >= 11 is 0. The van der Waals surface area contributed by atoms with E-state index in [9.17, 15) is 19.2 Å². The van der Waals surface area contributed by atoms with Gasteiger partial charge >= 0.3 is 6.09 Å². The van der Waals surface area contributed by atoms with Gasteiger partial charge in [0.1, 0.15) is 17.7 Å². The fourth-order valence-electron chi connectivity index (χ4n) is 4.70. The normalized spacial score (nSPS) is 17.6. The molecule has 9 nitrogen and oxygen atoms in total. The van der Waals surface area contributed by atoms with E-state index in [2.05, 4.69) is 17.2 Å². The lowest BCUT2D eigenvalue weighted by atomic mass is 9.99. The number of alkyl carbamates (subject to hydrolysis) is 1. The molecule has 4 unspecified atom stereocenters. The third-order valence-electron chi connectivity index (χ3n) is 6.79. The number of primary amides is 1. The van der Waals surface area contributed by atoms with Crippen molar-refractivity contribution in [3.05, 3.63) is 71.3 Å². The monoisotopic (exact) mass is 548 g/mol. The zero-order valence-electron chi connectivity index (χ0n) is 24.1. The van der Waals surface area contributed by atoms with Crippen molar-refractivity contribution >= 4 is 35.6 Å². The molecular weight excluding hydrogens is 508 g/mol. The van der Waals surface area contributed by atoms with Crippen molar-refractivity contribution in [2.24, 2.45) is 11.7 Å². The third kappa shape index (κ3) is 7.71. The number of ether oxygens (including phenoxy) is 1. The Balaban J connectivity index is 2.09. The Hall–Kier alpha value is -4.14. The summed E-state index contributed by atoms with van der Waals surface area (Å²) in [5.74, 6) is -1.67. The number of hydrogen-bond acceptors (Lipinski definition) is 5. The zero-order chi connectivity index (χ0) is 29.8. The fraction of sp³-hybridized carbons (Fsp3) is 0.419. The minimum Gasteiger partial charge on any atom is -0.444 e. The predicted octanol–water partition coefficient (Wildman–Crippen LogP) is 4.63. The highest BCUT2D eigenvalue weighted by atomic mass is 16.6. The van der Waals surface area contributed by atoms with Crippen LogP contribution in [0.3, 0.4) is 0 Å². The molecule has 2 aromatic rings. The molecule has 1 aliphatic carbocycles. The maximum absolute atomic E-state index is 14.2. The molecule has 9 heteroatoms. The molecule has 4 atom stereocenters. The first kappa shape index (κ1) is 30.4. The second-order valence-corrected chi connectivity index (χ2v) is 11.4. The first-order valence-electron chi connectivity index (χ1n) is 13.4. The Bertz CT molecular complexity index is 1280. The standard InChI is InChI=1S/C31H40N4O5/c1-8-21-13-10-14-22(16-21)27(28(37)34-26-18(2)11-9-12-19(26)3)35(24-15-20(24)4)29(38)23(17-25(32)36)33-30(39)40-31(5,6)7/h8-14,16,20,23-24,27H,1,15,17H2,2-7H3,(H2,32,36)(H,33,39)(H,34,37). The number of carbonyl (C=O) groups excluding carboxylic acids is 4. The molecule has 1 aliphatic rings. The van der Waals surface area contributed by atoms with Crippen LogP contribution in [0.1, 0.15) is 68.8 Å². The number of anilines is 1. The van der Waals surface area contributed by atoms with Crippen molar-refractivity contribution in [2.45, 2.75) is 78.1 Å². The first-order chi connectivity index (χ1) is 18.7. The number of hydrogen-bond donors (Lipinski definition) is 3. The highest BCUT2D eigenvalue weighted by Gasteiger charge is 2.48. The number of nitrogens with one attached hydrogen (secondary N) is 2. The van der Waals surface area contributed by atoms with Crippen LogP contribution in [0.4, 0.5) is 10.5 Å². The van der Waals surface area contributed by atoms with Gasteiger partial charge < -0.3 is 26.0 Å². The molecule has 0 heterocycles. The summed E-state index contributed by atoms with van der Waals surface area (Å²) < 4.78 is 5.34. The van der Waals surface area contributed by atoms with Crippen molar-refractivity contribution in [1.29, 1.82) is 0 Å². The van der Waals surface area contributed by atoms with Crippen molar-refractivity contribution in [3.63, 3.8) is 0 Å². The van der Waals surface area contributed by atoms with E-state index in [1.54, 1.807) is 45.0 Å². The van der Waals surface area contributed by atoms with Crippen LogP contribution >= 0.6 is 0 Å². The highest BCUT2D eigenvalue weighted by molar-refractivity contribution is 6.00. The second kappa shape index (κ2) is 12.4. The van der Waals surface area contributed by atoms with E-state index in [1.807, 2.05) is 45.0 Å². The fourth-order valence-corrected chi connectivity index (χ4v) is 4.70. The number of benzene rings is 2. The molecule has 4 N–H and O–H groups in total. The van der Waals surface area contributed by atoms with E-state index in [4.69, 9.17) is 10.5 Å². The van der Waals surface area contributed by atoms with Gasteiger partial charge in [0.25, 0.3) is 5.91 Å². The van der Waals surface area contributed by atoms with Crippen LogP contribution in [0.2, 0.25) is 0 Å². The van der Waals surface area contributed by atoms with Gasteiger partial charge in [-0.15, -0.1) is 0 Å². The summed E-state index contributed by atoms with van der Waals surface area (Å²) in [6.07, 6.45) is 1.01. The number of nitrogens with two attached hydrogens (primary N) is 1. The van der Waals surface area contributed by atoms with Crippen molar-refractivity contribution < 1.29 is 23.9 Å². The van der Waals surface area contributed by atoms with Gasteiger partial charge in [0.05, 0.1) is 6.42 Å². The van der Waals surface area contributed by atoms with Crippen molar-refractivity contribution in [3.8, 4) is 0 Å². The van der Waals surface area contributed by atoms with E-state index >= 15 is 0 Å². The molecule has 40 heavy (non-hydrogen) atoms. The van der Waals surface area contributed by atoms with Gasteiger partial charge in [-0.25, -0.2) is 4.79 Å². The van der Waals surface area contributed by atoms with Gasteiger partial charge in [-0.3, -0.25) is 14.4 Å². The third-order valence-corrected chi connectivity index (χ3v) is 6.79. The van der Waals surface area contributed by atoms with Crippen LogP contribution in [-0.2, 0) is 19.1 Å². The Kier molecular flexibility index (Phi) is 9.40. The molecule has 1 saturated carbocycles. The summed E-state index contributed by atoms with van der Waals surface area (Å²) in [4.78, 5) is 54.5. The average molecular weight is 549 g/mol. The van der Waals surface area contributed by atoms with Gasteiger partial charge in [0, 0.05) is 11.7 Å². The first-order valence-corrected chi connectivity index (χ1v) is 13.4. The van der Waals surface area contributed by atoms with Gasteiger partial charge in [-0.1, -0.05) is 56.0 Å². The molecule has 3 rings (SSSR count). The van der Waals surface area contributed by atoms with E-state index in [1.165, 1.54) is 4.90 Å². The van der Waals surface area contributed by atoms with Crippen LogP contribution in [0.25, 0.3) is 6.08 Å². The Morgan fingerprint density at radius 3 is 2.25 bits per heavy atom. The smallest absolute Gasteiger partial charge is 0.408 e. The van der Waals surface area contributed by atoms with Crippen LogP contribution < -0.4 is 16.4 Å². The Labute approximate surface area is 236 Å². The predicted molar refractivity (Wildman–Crippen MR) is 155 cm³/mol. The molecule has 2 aromatic carbocycles. The van der Waals surface area contributed by atoms with Crippen LogP contribution in [0.15, 0.2) is 49.0 Å². The maximum atomic E-state index is 14.2. The summed E-state index contributed by atoms with van der Waals surface area (Å²) in [7, 11) is 0. The summed E-state index contributed by atoms with van der Waals surface area (Å²) in [5, 5.41) is 5.55. The molecule has 0 radical (unpaired) electrons. The Morgan fingerprint density at radius 1 is 1.12 bits per heavy atom. The quantitative estimate of drug-likeness (QED) is 0.398. The van der Waals surface area contributed by atoms with Gasteiger partial charge in [0.15, 0.2) is 0 Å². The van der Waals surface area contributed by atoms with E-state index < -0.39 is 47.9 Å². The Morgan fingerprint density at radius 2 is 1.73 bits per heavy atom. The van der Waals surface area contributed by atoms with Crippen molar-refractivity contribution in [1.82, 2.24) is 10.2 Å². The van der Waals surface area contributed by atoms with Crippen LogP contribution in [-0.4, -0.2) is 46.4 Å². The molecule has 0 spiro atoms. The van der Waals surface area contributed by atoms with Crippen LogP contribution in [0.5, 0.6) is 0 Å². The molecule has 0 aliphatic heterocycles. The SMILES string of the molecule is C=Cc1cccc(C(C(=O)Nc2c(C)cccc2C)N(C(=O)C(CC(N)=O)NC(=O)OC(C)(C)C)C2CC2C)c1. The van der Waals surface area contributed by atoms with Gasteiger partial charge in [-0.05, 0) is 75.3 Å². The maximum Gasteiger partial charge on any atom is 0.408 e. The number of aryl methyl sites for hydroxylation is 2. The number of rotatable bonds is 10. The number of nitrogens with zero attached hydrogens (tertiary/aromatic N) is 1. The molecule has 0 bridgehead atoms. The minimum atomic E-state index is -1.32. The lowest BCUT2D eigenvalue weighted by Gasteiger charge is -2.35. The summed E-state index contributed by atoms with van der Waals surface area (Å²) in [6.45, 7) is 14.7. The van der Waals surface area contributed by atoms with Gasteiger partial charge in [0.2, 0.25) is 11.8 Å². The highest BCUT2D eigenvalue weighted by Crippen LogP contribution is 2.41. The molecule has 1 fully saturated rings. The number of carbonyl (C=O) groups is 4.